The molecule has 1 amide bonds. The van der Waals surface area contributed by atoms with Crippen molar-refractivity contribution in [2.24, 2.45) is 0 Å². The molecule has 0 aromatic carbocycles. The minimum atomic E-state index is -1.78. The normalized spacial score (nSPS) is 21.9. The molecule has 0 radical (unpaired) electrons. The number of hydrogen-bond acceptors (Lipinski definition) is 13. The third-order valence-corrected chi connectivity index (χ3v) is 21.4. The van der Waals surface area contributed by atoms with Crippen LogP contribution in [0, 0.1) is 0 Å². The van der Waals surface area contributed by atoms with E-state index < -0.39 is 86.8 Å². The summed E-state index contributed by atoms with van der Waals surface area (Å²) in [6.45, 7) is 2.92. The largest absolute Gasteiger partial charge is 0.394 e. The molecule has 0 bridgehead atoms. The molecule has 14 nitrogen and oxygen atoms in total. The van der Waals surface area contributed by atoms with Gasteiger partial charge in [-0.05, 0) is 51.4 Å². The average molecular weight is 1420 g/mol. The van der Waals surface area contributed by atoms with E-state index in [1.54, 1.807) is 0 Å². The van der Waals surface area contributed by atoms with E-state index >= 15 is 0 Å². The fourth-order valence-electron chi connectivity index (χ4n) is 14.5. The first-order chi connectivity index (χ1) is 49.1. The lowest BCUT2D eigenvalue weighted by molar-refractivity contribution is -0.359. The number of hydrogen-bond donors (Lipinski definition) is 9. The van der Waals surface area contributed by atoms with E-state index in [4.69, 9.17) is 18.9 Å². The average Bonchev–Trinajstić information content (AvgIpc) is 0.796. The molecule has 590 valence electrons. The van der Waals surface area contributed by atoms with Gasteiger partial charge < -0.3 is 65.1 Å². The van der Waals surface area contributed by atoms with Gasteiger partial charge in [0.15, 0.2) is 12.6 Å². The van der Waals surface area contributed by atoms with Gasteiger partial charge in [-0.25, -0.2) is 0 Å². The van der Waals surface area contributed by atoms with Crippen molar-refractivity contribution in [1.29, 1.82) is 0 Å². The second-order valence-electron chi connectivity index (χ2n) is 30.7. The maximum atomic E-state index is 13.4. The van der Waals surface area contributed by atoms with Gasteiger partial charge in [-0.2, -0.15) is 0 Å². The van der Waals surface area contributed by atoms with Crippen LogP contribution in [0.25, 0.3) is 0 Å². The van der Waals surface area contributed by atoms with Gasteiger partial charge in [0.05, 0.1) is 32.0 Å². The van der Waals surface area contributed by atoms with Crippen molar-refractivity contribution in [3.05, 3.63) is 36.5 Å². The molecule has 2 aliphatic heterocycles. The van der Waals surface area contributed by atoms with Crippen molar-refractivity contribution in [2.75, 3.05) is 19.8 Å². The summed E-state index contributed by atoms with van der Waals surface area (Å²) in [5, 5.41) is 88.0. The molecule has 9 N–H and O–H groups in total. The molecule has 2 heterocycles. The SMILES string of the molecule is CCCCCCC/C=C\C/C=C\C/C=C\CCCCCCCCCCCCCCCCCCCCCCCCCCC(=O)NC(COC1OC(CO)C(OC2OC(CO)C(O)C(O)C2O)C(O)C1O)C(O)CCCCCCCCCCCCCCCCCCCCCCCCCCCCC. The van der Waals surface area contributed by atoms with E-state index in [-0.39, 0.29) is 12.5 Å². The molecule has 2 aliphatic rings. The van der Waals surface area contributed by atoms with Gasteiger partial charge in [-0.1, -0.05) is 391 Å². The number of nitrogens with one attached hydrogen (secondary N) is 1. The van der Waals surface area contributed by atoms with E-state index in [9.17, 15) is 45.6 Å². The van der Waals surface area contributed by atoms with Gasteiger partial charge in [0.25, 0.3) is 0 Å². The molecule has 12 atom stereocenters. The molecule has 100 heavy (non-hydrogen) atoms. The molecular weight excluding hydrogens is 1250 g/mol. The second-order valence-corrected chi connectivity index (χ2v) is 30.7. The number of unbranched alkanes of at least 4 members (excludes halogenated alkanes) is 55. The first kappa shape index (κ1) is 94.3. The standard InChI is InChI=1S/C86H163NO13/c1-3-5-7-9-11-13-15-17-19-21-23-25-27-29-31-32-33-34-35-36-37-38-39-40-41-42-44-46-48-50-52-54-56-58-60-62-64-66-68-70-78(91)87-74(73-97-85-83(96)81(94)84(77(72-89)99-85)100-86-82(95)80(93)79(92)76(71-88)98-86)75(90)69-67-65-63-61-59-57-55-53-51-49-47-45-43-30-28-26-24-22-20-18-16-14-12-10-8-6-4-2/h15,17,21,23,27,29,74-77,79-86,88-90,92-96H,3-14,16,18-20,22,24-26,28,30-73H2,1-2H3,(H,87,91)/b17-15-,23-21-,29-27-. The Morgan fingerprint density at radius 3 is 1.01 bits per heavy atom. The maximum Gasteiger partial charge on any atom is 0.220 e. The Kier molecular flexibility index (Phi) is 66.2. The van der Waals surface area contributed by atoms with Crippen LogP contribution in [-0.4, -0.2) is 140 Å². The van der Waals surface area contributed by atoms with Crippen LogP contribution in [0.3, 0.4) is 0 Å². The van der Waals surface area contributed by atoms with Crippen molar-refractivity contribution in [1.82, 2.24) is 5.32 Å². The Morgan fingerprint density at radius 2 is 0.660 bits per heavy atom. The Hall–Kier alpha value is -1.79. The summed E-state index contributed by atoms with van der Waals surface area (Å²) in [6, 6.07) is -0.829. The fraction of sp³-hybridized carbons (Fsp3) is 0.919. The minimum Gasteiger partial charge on any atom is -0.394 e. The van der Waals surface area contributed by atoms with Gasteiger partial charge in [0.2, 0.25) is 5.91 Å². The van der Waals surface area contributed by atoms with Crippen molar-refractivity contribution in [2.45, 2.75) is 485 Å². The fourth-order valence-corrected chi connectivity index (χ4v) is 14.5. The Balaban J connectivity index is 1.56. The zero-order chi connectivity index (χ0) is 72.2. The van der Waals surface area contributed by atoms with Gasteiger partial charge >= 0.3 is 0 Å². The molecule has 0 spiro atoms. The van der Waals surface area contributed by atoms with E-state index in [0.717, 1.165) is 64.2 Å². The van der Waals surface area contributed by atoms with Gasteiger partial charge in [0, 0.05) is 6.42 Å². The second kappa shape index (κ2) is 70.2. The number of carbonyl (C=O) groups is 1. The van der Waals surface area contributed by atoms with Crippen LogP contribution in [-0.2, 0) is 23.7 Å². The Morgan fingerprint density at radius 1 is 0.360 bits per heavy atom. The predicted molar refractivity (Wildman–Crippen MR) is 415 cm³/mol. The van der Waals surface area contributed by atoms with Gasteiger partial charge in [-0.15, -0.1) is 0 Å². The first-order valence-electron chi connectivity index (χ1n) is 43.2. The Labute approximate surface area is 614 Å². The number of amides is 1. The predicted octanol–water partition coefficient (Wildman–Crippen LogP) is 20.4. The minimum absolute atomic E-state index is 0.197. The number of rotatable bonds is 74. The molecular formula is C86H163NO13. The summed E-state index contributed by atoms with van der Waals surface area (Å²) in [5.74, 6) is -0.197. The lowest BCUT2D eigenvalue weighted by atomic mass is 9.97. The summed E-state index contributed by atoms with van der Waals surface area (Å²) >= 11 is 0. The van der Waals surface area contributed by atoms with E-state index in [0.29, 0.717) is 12.8 Å². The number of ether oxygens (including phenoxy) is 4. The monoisotopic (exact) mass is 1420 g/mol. The van der Waals surface area contributed by atoms with Crippen LogP contribution >= 0.6 is 0 Å². The zero-order valence-electron chi connectivity index (χ0n) is 65.0. The molecule has 0 aromatic heterocycles. The van der Waals surface area contributed by atoms with Crippen molar-refractivity contribution < 1.29 is 64.6 Å². The highest BCUT2D eigenvalue weighted by Gasteiger charge is 2.51. The summed E-state index contributed by atoms with van der Waals surface area (Å²) in [5.41, 5.74) is 0. The van der Waals surface area contributed by atoms with E-state index in [2.05, 4.69) is 55.6 Å². The third kappa shape index (κ3) is 52.2. The van der Waals surface area contributed by atoms with E-state index in [1.165, 1.54) is 321 Å². The molecule has 2 fully saturated rings. The third-order valence-electron chi connectivity index (χ3n) is 21.4. The summed E-state index contributed by atoms with van der Waals surface area (Å²) in [4.78, 5) is 13.4. The summed E-state index contributed by atoms with van der Waals surface area (Å²) < 4.78 is 23.0. The number of carbonyl (C=O) groups excluding carboxylic acids is 1. The van der Waals surface area contributed by atoms with Gasteiger partial charge in [0.1, 0.15) is 48.8 Å². The summed E-state index contributed by atoms with van der Waals surface area (Å²) in [7, 11) is 0. The topological polar surface area (TPSA) is 228 Å². The van der Waals surface area contributed by atoms with Crippen LogP contribution in [0.5, 0.6) is 0 Å². The lowest BCUT2D eigenvalue weighted by Crippen LogP contribution is -2.65. The first-order valence-corrected chi connectivity index (χ1v) is 43.2. The molecule has 2 rings (SSSR count). The van der Waals surface area contributed by atoms with Crippen LogP contribution < -0.4 is 5.32 Å². The lowest BCUT2D eigenvalue weighted by Gasteiger charge is -2.46. The van der Waals surface area contributed by atoms with Crippen LogP contribution in [0.15, 0.2) is 36.5 Å². The van der Waals surface area contributed by atoms with Crippen LogP contribution in [0.2, 0.25) is 0 Å². The van der Waals surface area contributed by atoms with Crippen LogP contribution in [0.4, 0.5) is 0 Å². The van der Waals surface area contributed by atoms with Crippen molar-refractivity contribution >= 4 is 5.91 Å². The molecule has 12 unspecified atom stereocenters. The smallest absolute Gasteiger partial charge is 0.220 e. The highest BCUT2D eigenvalue weighted by molar-refractivity contribution is 5.76. The van der Waals surface area contributed by atoms with Gasteiger partial charge in [-0.3, -0.25) is 4.79 Å². The Bertz CT molecular complexity index is 1820. The quantitative estimate of drug-likeness (QED) is 0.0204. The van der Waals surface area contributed by atoms with Crippen LogP contribution in [0.1, 0.15) is 412 Å². The highest BCUT2D eigenvalue weighted by Crippen LogP contribution is 2.31. The molecule has 0 aliphatic carbocycles. The van der Waals surface area contributed by atoms with E-state index in [1.807, 2.05) is 0 Å². The molecule has 0 aromatic rings. The number of allylic oxidation sites excluding steroid dienone is 6. The maximum absolute atomic E-state index is 13.4. The molecule has 2 saturated heterocycles. The number of aliphatic hydroxyl groups excluding tert-OH is 8. The molecule has 0 saturated carbocycles. The molecule has 14 heteroatoms. The van der Waals surface area contributed by atoms with Crippen molar-refractivity contribution in [3.63, 3.8) is 0 Å². The van der Waals surface area contributed by atoms with Crippen molar-refractivity contribution in [3.8, 4) is 0 Å². The summed E-state index contributed by atoms with van der Waals surface area (Å²) in [6.07, 6.45) is 76.4. The number of aliphatic hydroxyl groups is 8. The zero-order valence-corrected chi connectivity index (χ0v) is 65.0. The highest BCUT2D eigenvalue weighted by atomic mass is 16.7.